The molecule has 4 aromatic rings. The van der Waals surface area contributed by atoms with Gasteiger partial charge in [0.1, 0.15) is 16.7 Å². The number of aliphatic hydroxyl groups excluding tert-OH is 1. The normalized spacial score (nSPS) is 17.7. The number of aromatic nitrogens is 2. The number of methoxy groups -OCH3 is 2. The Morgan fingerprint density at radius 1 is 0.942 bits per heavy atom. The van der Waals surface area contributed by atoms with Crippen LogP contribution in [0.1, 0.15) is 54.5 Å². The average Bonchev–Trinajstić information content (AvgIpc) is 3.76. The molecule has 52 heavy (non-hydrogen) atoms. The second kappa shape index (κ2) is 16.1. The molecule has 2 aliphatic rings. The van der Waals surface area contributed by atoms with Crippen LogP contribution in [-0.4, -0.2) is 71.0 Å². The Kier molecular flexibility index (Phi) is 11.5. The number of nitrogens with zero attached hydrogens (tertiary/aromatic N) is 2. The fourth-order valence-electron chi connectivity index (χ4n) is 6.58. The summed E-state index contributed by atoms with van der Waals surface area (Å²) >= 11 is 13.8. The van der Waals surface area contributed by atoms with Crippen LogP contribution in [0.5, 0.6) is 17.6 Å². The summed E-state index contributed by atoms with van der Waals surface area (Å²) < 4.78 is 17.5. The number of carbonyl (C=O) groups is 2. The first-order valence-corrected chi connectivity index (χ1v) is 17.7. The van der Waals surface area contributed by atoms with Crippen molar-refractivity contribution in [2.45, 2.75) is 63.4 Å². The number of amides is 1. The summed E-state index contributed by atoms with van der Waals surface area (Å²) in [5, 5.41) is 29.1. The van der Waals surface area contributed by atoms with Gasteiger partial charge in [-0.15, -0.1) is 0 Å². The molecule has 1 saturated heterocycles. The molecular formula is C38H41Cl2N5O7. The van der Waals surface area contributed by atoms with Crippen molar-refractivity contribution in [1.29, 1.82) is 0 Å². The summed E-state index contributed by atoms with van der Waals surface area (Å²) in [6.07, 6.45) is 2.47. The lowest BCUT2D eigenvalue weighted by molar-refractivity contribution is -0.146. The molecule has 1 aliphatic heterocycles. The van der Waals surface area contributed by atoms with Crippen LogP contribution in [0, 0.1) is 0 Å². The van der Waals surface area contributed by atoms with E-state index < -0.39 is 18.1 Å². The fourth-order valence-corrected chi connectivity index (χ4v) is 7.12. The van der Waals surface area contributed by atoms with Crippen molar-refractivity contribution in [1.82, 2.24) is 25.9 Å². The number of carbonyl (C=O) groups excluding carboxylic acids is 1. The number of aliphatic hydroxyl groups is 1. The predicted molar refractivity (Wildman–Crippen MR) is 197 cm³/mol. The van der Waals surface area contributed by atoms with Gasteiger partial charge in [-0.25, -0.2) is 4.98 Å². The third-order valence-corrected chi connectivity index (χ3v) is 10.3. The van der Waals surface area contributed by atoms with Crippen LogP contribution in [0.4, 0.5) is 0 Å². The van der Waals surface area contributed by atoms with Crippen molar-refractivity contribution in [3.05, 3.63) is 86.9 Å². The number of aliphatic carboxylic acids is 1. The van der Waals surface area contributed by atoms with Gasteiger partial charge in [-0.2, -0.15) is 4.98 Å². The van der Waals surface area contributed by atoms with E-state index in [1.165, 1.54) is 14.0 Å². The highest BCUT2D eigenvalue weighted by atomic mass is 35.5. The molecule has 0 radical (unpaired) electrons. The van der Waals surface area contributed by atoms with Crippen molar-refractivity contribution in [2.24, 2.45) is 0 Å². The summed E-state index contributed by atoms with van der Waals surface area (Å²) in [6, 6.07) is 17.6. The minimum Gasteiger partial charge on any atom is -0.481 e. The monoisotopic (exact) mass is 749 g/mol. The number of carboxylic acids is 1. The minimum atomic E-state index is -1.55. The smallest absolute Gasteiger partial charge is 0.326 e. The van der Waals surface area contributed by atoms with Crippen LogP contribution in [0.3, 0.4) is 0 Å². The molecule has 0 spiro atoms. The second-order valence-electron chi connectivity index (χ2n) is 13.1. The first-order chi connectivity index (χ1) is 25.0. The molecule has 2 aromatic carbocycles. The number of carboxylic acid groups (broad SMARTS) is 1. The molecule has 1 amide bonds. The first kappa shape index (κ1) is 37.3. The first-order valence-electron chi connectivity index (χ1n) is 17.0. The molecule has 5 N–H and O–H groups in total. The lowest BCUT2D eigenvalue weighted by atomic mass is 9.94. The minimum absolute atomic E-state index is 0.0426. The second-order valence-corrected chi connectivity index (χ2v) is 13.9. The quantitative estimate of drug-likeness (QED) is 0.104. The lowest BCUT2D eigenvalue weighted by Crippen LogP contribution is -2.52. The van der Waals surface area contributed by atoms with E-state index >= 15 is 0 Å². The van der Waals surface area contributed by atoms with Gasteiger partial charge in [-0.1, -0.05) is 65.7 Å². The van der Waals surface area contributed by atoms with Crippen LogP contribution in [-0.2, 0) is 29.1 Å². The van der Waals surface area contributed by atoms with Gasteiger partial charge in [0.05, 0.1) is 31.5 Å². The molecule has 0 bridgehead atoms. The maximum atomic E-state index is 11.6. The van der Waals surface area contributed by atoms with Gasteiger partial charge >= 0.3 is 5.97 Å². The molecule has 12 nitrogen and oxygen atoms in total. The van der Waals surface area contributed by atoms with E-state index in [0.717, 1.165) is 46.2 Å². The molecule has 0 saturated carbocycles. The van der Waals surface area contributed by atoms with Crippen molar-refractivity contribution >= 4 is 35.1 Å². The highest BCUT2D eigenvalue weighted by molar-refractivity contribution is 6.36. The Morgan fingerprint density at radius 2 is 1.67 bits per heavy atom. The zero-order chi connectivity index (χ0) is 37.0. The highest BCUT2D eigenvalue weighted by Crippen LogP contribution is 2.44. The molecule has 1 fully saturated rings. The van der Waals surface area contributed by atoms with Gasteiger partial charge in [0.25, 0.3) is 0 Å². The SMILES string of the molecule is COc1nc(-c2cccc(-c3cccc4c3CC[C@@H]4Oc3nc(OC)c(CN[C@@](C)(CO)C(=O)O)cc3Cl)c2Cl)ccc1CNC[C@@H]1CCC(=O)N1. The Bertz CT molecular complexity index is 1980. The van der Waals surface area contributed by atoms with Gasteiger partial charge < -0.3 is 35.1 Å². The molecule has 14 heteroatoms. The summed E-state index contributed by atoms with van der Waals surface area (Å²) in [5.41, 5.74) is 5.28. The Hall–Kier alpha value is -4.46. The van der Waals surface area contributed by atoms with E-state index in [2.05, 4.69) is 27.0 Å². The summed E-state index contributed by atoms with van der Waals surface area (Å²) in [4.78, 5) is 32.5. The Morgan fingerprint density at radius 3 is 2.38 bits per heavy atom. The number of nitrogens with one attached hydrogen (secondary N) is 3. The topological polar surface area (TPSA) is 164 Å². The number of hydrogen-bond donors (Lipinski definition) is 5. The Balaban J connectivity index is 1.20. The van der Waals surface area contributed by atoms with Crippen molar-refractivity contribution in [3.8, 4) is 40.0 Å². The third kappa shape index (κ3) is 7.81. The number of halogens is 2. The van der Waals surface area contributed by atoms with E-state index in [4.69, 9.17) is 42.4 Å². The maximum absolute atomic E-state index is 11.6. The van der Waals surface area contributed by atoms with Crippen LogP contribution in [0.2, 0.25) is 10.0 Å². The van der Waals surface area contributed by atoms with E-state index in [0.29, 0.717) is 48.1 Å². The van der Waals surface area contributed by atoms with E-state index in [9.17, 15) is 19.8 Å². The van der Waals surface area contributed by atoms with Crippen LogP contribution in [0.15, 0.2) is 54.6 Å². The summed E-state index contributed by atoms with van der Waals surface area (Å²) in [7, 11) is 3.05. The van der Waals surface area contributed by atoms with Gasteiger partial charge in [0, 0.05) is 54.4 Å². The zero-order valence-corrected chi connectivity index (χ0v) is 30.6. The van der Waals surface area contributed by atoms with Crippen LogP contribution < -0.4 is 30.2 Å². The van der Waals surface area contributed by atoms with Crippen molar-refractivity contribution < 1.29 is 34.0 Å². The lowest BCUT2D eigenvalue weighted by Gasteiger charge is -2.24. The highest BCUT2D eigenvalue weighted by Gasteiger charge is 2.33. The standard InChI is InChI=1S/C38H41Cl2N5O7/c1-38(20-46,37(48)49)42-18-22-16-29(39)36(45-35(22)51-3)52-31-14-12-25-24(6-4-7-26(25)31)27-8-5-9-28(33(27)40)30-13-10-21(34(44-30)50-2)17-41-19-23-11-15-32(47)43-23/h4-10,13,16,23,31,41-42,46H,11-12,14-15,17-20H2,1-3H3,(H,43,47)(H,48,49)/t23-,31-,38-/m0/s1. The van der Waals surface area contributed by atoms with Gasteiger partial charge in [-0.3, -0.25) is 14.9 Å². The van der Waals surface area contributed by atoms with Crippen LogP contribution in [0.25, 0.3) is 22.4 Å². The molecular weight excluding hydrogens is 709 g/mol. The maximum Gasteiger partial charge on any atom is 0.326 e. The predicted octanol–water partition coefficient (Wildman–Crippen LogP) is 5.49. The number of benzene rings is 2. The fraction of sp³-hybridized carbons (Fsp3) is 0.368. The molecule has 3 atom stereocenters. The van der Waals surface area contributed by atoms with Crippen molar-refractivity contribution in [2.75, 3.05) is 27.4 Å². The van der Waals surface area contributed by atoms with E-state index in [1.54, 1.807) is 13.2 Å². The molecule has 274 valence electrons. The van der Waals surface area contributed by atoms with Crippen molar-refractivity contribution in [3.63, 3.8) is 0 Å². The van der Waals surface area contributed by atoms with E-state index in [1.807, 2.05) is 42.5 Å². The van der Waals surface area contributed by atoms with Crippen LogP contribution >= 0.6 is 23.2 Å². The summed E-state index contributed by atoms with van der Waals surface area (Å²) in [6.45, 7) is 2.04. The number of ether oxygens (including phenoxy) is 3. The largest absolute Gasteiger partial charge is 0.481 e. The number of pyridine rings is 2. The zero-order valence-electron chi connectivity index (χ0n) is 29.1. The molecule has 1 aliphatic carbocycles. The van der Waals surface area contributed by atoms with Gasteiger partial charge in [0.15, 0.2) is 0 Å². The average molecular weight is 751 g/mol. The van der Waals surface area contributed by atoms with Gasteiger partial charge in [0.2, 0.25) is 23.5 Å². The number of hydrogen-bond acceptors (Lipinski definition) is 10. The molecule has 0 unspecified atom stereocenters. The molecule has 2 aromatic heterocycles. The van der Waals surface area contributed by atoms with E-state index in [-0.39, 0.29) is 41.4 Å². The molecule has 3 heterocycles. The number of rotatable bonds is 15. The molecule has 6 rings (SSSR count). The third-order valence-electron chi connectivity index (χ3n) is 9.59. The summed E-state index contributed by atoms with van der Waals surface area (Å²) in [5.74, 6) is -0.185. The number of fused-ring (bicyclic) bond motifs is 1. The van der Waals surface area contributed by atoms with Gasteiger partial charge in [-0.05, 0) is 55.0 Å². The Labute approximate surface area is 311 Å².